The first-order valence-electron chi connectivity index (χ1n) is 3.76. The van der Waals surface area contributed by atoms with Crippen LogP contribution in [0.25, 0.3) is 0 Å². The molecule has 0 amide bonds. The van der Waals surface area contributed by atoms with E-state index in [9.17, 15) is 9.90 Å². The normalized spacial score (nSPS) is 10.4. The minimum absolute atomic E-state index is 0.140. The number of nitrogens with zero attached hydrogens (tertiary/aromatic N) is 1. The maximum atomic E-state index is 11.1. The lowest BCUT2D eigenvalue weighted by Crippen LogP contribution is -2.18. The van der Waals surface area contributed by atoms with Crippen molar-refractivity contribution in [3.8, 4) is 11.6 Å². The molecular formula is C7H11N3O3. The molecule has 72 valence electrons. The van der Waals surface area contributed by atoms with Crippen LogP contribution in [0.4, 0.5) is 5.95 Å². The van der Waals surface area contributed by atoms with Crippen molar-refractivity contribution in [2.24, 2.45) is 0 Å². The van der Waals surface area contributed by atoms with Crippen LogP contribution in [0.15, 0.2) is 4.79 Å². The van der Waals surface area contributed by atoms with Crippen molar-refractivity contribution in [3.63, 3.8) is 0 Å². The van der Waals surface area contributed by atoms with E-state index < -0.39 is 11.4 Å². The molecule has 0 aliphatic rings. The van der Waals surface area contributed by atoms with Crippen LogP contribution in [0.5, 0.6) is 11.6 Å². The number of nitrogens with one attached hydrogen (secondary N) is 1. The highest BCUT2D eigenvalue weighted by atomic mass is 16.5. The van der Waals surface area contributed by atoms with Crippen molar-refractivity contribution in [2.45, 2.75) is 20.0 Å². The molecule has 0 saturated heterocycles. The number of H-pyrrole nitrogens is 1. The van der Waals surface area contributed by atoms with Gasteiger partial charge < -0.3 is 15.6 Å². The standard InChI is InChI=1S/C7H11N3O3/c1-3(2)13-4-5(11)9-7(8)10-6(4)12/h3H,1-2H3,(H4,8,9,10,11,12). The minimum atomic E-state index is -0.585. The Labute approximate surface area is 74.4 Å². The zero-order valence-corrected chi connectivity index (χ0v) is 7.37. The summed E-state index contributed by atoms with van der Waals surface area (Å²) in [6.07, 6.45) is -0.211. The molecule has 1 heterocycles. The largest absolute Gasteiger partial charge is 0.490 e. The van der Waals surface area contributed by atoms with Crippen LogP contribution in [0.2, 0.25) is 0 Å². The fourth-order valence-electron chi connectivity index (χ4n) is 0.809. The minimum Gasteiger partial charge on any atom is -0.490 e. The van der Waals surface area contributed by atoms with Gasteiger partial charge in [-0.2, -0.15) is 4.98 Å². The number of nitrogen functional groups attached to an aromatic ring is 1. The first-order chi connectivity index (χ1) is 6.00. The predicted molar refractivity (Wildman–Crippen MR) is 46.7 cm³/mol. The van der Waals surface area contributed by atoms with Crippen molar-refractivity contribution >= 4 is 5.95 Å². The molecule has 0 fully saturated rings. The first-order valence-corrected chi connectivity index (χ1v) is 3.76. The zero-order chi connectivity index (χ0) is 10.0. The van der Waals surface area contributed by atoms with Gasteiger partial charge in [-0.15, -0.1) is 0 Å². The van der Waals surface area contributed by atoms with E-state index in [1.807, 2.05) is 0 Å². The van der Waals surface area contributed by atoms with Gasteiger partial charge in [0.1, 0.15) is 0 Å². The summed E-state index contributed by atoms with van der Waals surface area (Å²) in [7, 11) is 0. The number of aromatic hydroxyl groups is 1. The number of rotatable bonds is 2. The number of nitrogens with two attached hydrogens (primary N) is 1. The molecule has 0 spiro atoms. The fraction of sp³-hybridized carbons (Fsp3) is 0.429. The lowest BCUT2D eigenvalue weighted by molar-refractivity contribution is 0.225. The summed E-state index contributed by atoms with van der Waals surface area (Å²) in [5, 5.41) is 9.18. The van der Waals surface area contributed by atoms with Gasteiger partial charge in [0, 0.05) is 0 Å². The second-order valence-electron chi connectivity index (χ2n) is 2.77. The van der Waals surface area contributed by atoms with E-state index in [2.05, 4.69) is 9.97 Å². The number of aromatic nitrogens is 2. The molecule has 4 N–H and O–H groups in total. The van der Waals surface area contributed by atoms with E-state index >= 15 is 0 Å². The fourth-order valence-corrected chi connectivity index (χ4v) is 0.809. The molecule has 0 bridgehead atoms. The van der Waals surface area contributed by atoms with Crippen molar-refractivity contribution in [1.29, 1.82) is 0 Å². The maximum absolute atomic E-state index is 11.1. The summed E-state index contributed by atoms with van der Waals surface area (Å²) < 4.78 is 5.02. The Hall–Kier alpha value is -1.72. The molecule has 1 aromatic heterocycles. The Kier molecular flexibility index (Phi) is 2.41. The molecule has 13 heavy (non-hydrogen) atoms. The van der Waals surface area contributed by atoms with Crippen molar-refractivity contribution in [3.05, 3.63) is 10.4 Å². The molecule has 0 aliphatic carbocycles. The van der Waals surface area contributed by atoms with Crippen LogP contribution < -0.4 is 16.0 Å². The second kappa shape index (κ2) is 3.34. The predicted octanol–water partition coefficient (Wildman–Crippen LogP) is -0.155. The second-order valence-corrected chi connectivity index (χ2v) is 2.77. The first kappa shape index (κ1) is 9.37. The molecule has 1 rings (SSSR count). The van der Waals surface area contributed by atoms with Gasteiger partial charge in [0.25, 0.3) is 11.4 Å². The monoisotopic (exact) mass is 185 g/mol. The summed E-state index contributed by atoms with van der Waals surface area (Å²) in [5.41, 5.74) is 4.59. The van der Waals surface area contributed by atoms with Crippen LogP contribution in [0, 0.1) is 0 Å². The number of ether oxygens (including phenoxy) is 1. The van der Waals surface area contributed by atoms with Gasteiger partial charge in [-0.1, -0.05) is 0 Å². The molecule has 0 radical (unpaired) electrons. The van der Waals surface area contributed by atoms with Gasteiger partial charge in [-0.25, -0.2) is 0 Å². The third-order valence-electron chi connectivity index (χ3n) is 1.23. The quantitative estimate of drug-likeness (QED) is 0.594. The van der Waals surface area contributed by atoms with Gasteiger partial charge in [0.15, 0.2) is 0 Å². The molecule has 6 heteroatoms. The van der Waals surface area contributed by atoms with E-state index in [4.69, 9.17) is 10.5 Å². The van der Waals surface area contributed by atoms with Gasteiger partial charge in [-0.3, -0.25) is 9.78 Å². The SMILES string of the molecule is CC(C)Oc1c(O)nc(N)[nH]c1=O. The molecule has 6 nitrogen and oxygen atoms in total. The smallest absolute Gasteiger partial charge is 0.298 e. The number of hydrogen-bond donors (Lipinski definition) is 3. The lowest BCUT2D eigenvalue weighted by atomic mass is 10.4. The van der Waals surface area contributed by atoms with Crippen LogP contribution in [-0.4, -0.2) is 21.2 Å². The molecule has 0 atom stereocenters. The lowest BCUT2D eigenvalue weighted by Gasteiger charge is -2.08. The van der Waals surface area contributed by atoms with Crippen LogP contribution in [0.3, 0.4) is 0 Å². The van der Waals surface area contributed by atoms with Gasteiger partial charge >= 0.3 is 0 Å². The third-order valence-corrected chi connectivity index (χ3v) is 1.23. The van der Waals surface area contributed by atoms with Crippen molar-refractivity contribution in [2.75, 3.05) is 5.73 Å². The zero-order valence-electron chi connectivity index (χ0n) is 7.37. The molecule has 0 aromatic carbocycles. The highest BCUT2D eigenvalue weighted by Gasteiger charge is 2.11. The molecule has 0 saturated carbocycles. The Morgan fingerprint density at radius 1 is 1.62 bits per heavy atom. The summed E-state index contributed by atoms with van der Waals surface area (Å²) in [5.74, 6) is -0.835. The highest BCUT2D eigenvalue weighted by molar-refractivity contribution is 5.34. The van der Waals surface area contributed by atoms with Crippen LogP contribution >= 0.6 is 0 Å². The van der Waals surface area contributed by atoms with Crippen LogP contribution in [0.1, 0.15) is 13.8 Å². The van der Waals surface area contributed by atoms with E-state index in [1.165, 1.54) is 0 Å². The van der Waals surface area contributed by atoms with E-state index in [0.29, 0.717) is 0 Å². The van der Waals surface area contributed by atoms with E-state index in [1.54, 1.807) is 13.8 Å². The van der Waals surface area contributed by atoms with E-state index in [0.717, 1.165) is 0 Å². The molecule has 0 unspecified atom stereocenters. The van der Waals surface area contributed by atoms with Crippen LogP contribution in [-0.2, 0) is 0 Å². The average Bonchev–Trinajstić information content (AvgIpc) is 1.96. The average molecular weight is 185 g/mol. The van der Waals surface area contributed by atoms with Gasteiger partial charge in [0.05, 0.1) is 6.10 Å². The maximum Gasteiger partial charge on any atom is 0.298 e. The van der Waals surface area contributed by atoms with Gasteiger partial charge in [0.2, 0.25) is 11.7 Å². The third kappa shape index (κ3) is 2.11. The Morgan fingerprint density at radius 3 is 2.69 bits per heavy atom. The summed E-state index contributed by atoms with van der Waals surface area (Å²) in [6.45, 7) is 3.46. The topological polar surface area (TPSA) is 101 Å². The summed E-state index contributed by atoms with van der Waals surface area (Å²) in [4.78, 5) is 16.8. The number of aromatic amines is 1. The Bertz CT molecular complexity index is 358. The number of anilines is 1. The van der Waals surface area contributed by atoms with E-state index in [-0.39, 0.29) is 17.8 Å². The van der Waals surface area contributed by atoms with Crippen molar-refractivity contribution < 1.29 is 9.84 Å². The Balaban J connectivity index is 3.14. The van der Waals surface area contributed by atoms with Gasteiger partial charge in [-0.05, 0) is 13.8 Å². The highest BCUT2D eigenvalue weighted by Crippen LogP contribution is 2.18. The summed E-state index contributed by atoms with van der Waals surface area (Å²) in [6, 6.07) is 0. The summed E-state index contributed by atoms with van der Waals surface area (Å²) >= 11 is 0. The number of hydrogen-bond acceptors (Lipinski definition) is 5. The molecule has 0 aliphatic heterocycles. The van der Waals surface area contributed by atoms with Crippen molar-refractivity contribution in [1.82, 2.24) is 9.97 Å². The molecule has 1 aromatic rings. The molecular weight excluding hydrogens is 174 g/mol. The Morgan fingerprint density at radius 2 is 2.23 bits per heavy atom.